The lowest BCUT2D eigenvalue weighted by atomic mass is 10.1. The highest BCUT2D eigenvalue weighted by atomic mass is 19.1. The van der Waals surface area contributed by atoms with E-state index in [1.807, 2.05) is 0 Å². The van der Waals surface area contributed by atoms with Gasteiger partial charge in [0.05, 0.1) is 0 Å². The van der Waals surface area contributed by atoms with E-state index < -0.39 is 0 Å². The molecule has 1 rings (SSSR count). The summed E-state index contributed by atoms with van der Waals surface area (Å²) in [6.07, 6.45) is 4.38. The van der Waals surface area contributed by atoms with Gasteiger partial charge in [-0.25, -0.2) is 4.39 Å². The Morgan fingerprint density at radius 1 is 1.16 bits per heavy atom. The summed E-state index contributed by atoms with van der Waals surface area (Å²) < 4.78 is 13.3. The molecule has 0 aliphatic heterocycles. The van der Waals surface area contributed by atoms with Crippen LogP contribution in [0.5, 0.6) is 0 Å². The predicted molar refractivity (Wildman–Crippen MR) is 78.4 cm³/mol. The number of rotatable bonds is 8. The van der Waals surface area contributed by atoms with Gasteiger partial charge in [0.15, 0.2) is 5.78 Å². The van der Waals surface area contributed by atoms with Crippen molar-refractivity contribution < 1.29 is 9.18 Å². The van der Waals surface area contributed by atoms with Crippen molar-refractivity contribution in [2.24, 2.45) is 0 Å². The molecular formula is C16H24FNO. The number of hydrogen-bond donors (Lipinski definition) is 0. The maximum atomic E-state index is 13.3. The molecule has 0 fully saturated rings. The van der Waals surface area contributed by atoms with Crippen LogP contribution < -0.4 is 4.90 Å². The maximum absolute atomic E-state index is 13.3. The lowest BCUT2D eigenvalue weighted by Gasteiger charge is -2.26. The highest BCUT2D eigenvalue weighted by molar-refractivity contribution is 5.99. The Morgan fingerprint density at radius 3 is 2.21 bits per heavy atom. The summed E-state index contributed by atoms with van der Waals surface area (Å²) in [5.74, 6) is -0.424. The Morgan fingerprint density at radius 2 is 1.74 bits per heavy atom. The third kappa shape index (κ3) is 4.66. The zero-order valence-corrected chi connectivity index (χ0v) is 12.2. The van der Waals surface area contributed by atoms with Crippen molar-refractivity contribution in [1.82, 2.24) is 0 Å². The normalized spacial score (nSPS) is 10.5. The molecule has 3 heteroatoms. The minimum atomic E-state index is -0.347. The van der Waals surface area contributed by atoms with Gasteiger partial charge in [0.25, 0.3) is 0 Å². The van der Waals surface area contributed by atoms with Gasteiger partial charge in [-0.1, -0.05) is 26.7 Å². The highest BCUT2D eigenvalue weighted by Gasteiger charge is 2.14. The Labute approximate surface area is 115 Å². The summed E-state index contributed by atoms with van der Waals surface area (Å²) >= 11 is 0. The van der Waals surface area contributed by atoms with E-state index in [0.717, 1.165) is 44.5 Å². The van der Waals surface area contributed by atoms with Gasteiger partial charge in [0, 0.05) is 24.3 Å². The molecule has 0 aromatic heterocycles. The van der Waals surface area contributed by atoms with E-state index in [0.29, 0.717) is 5.56 Å². The van der Waals surface area contributed by atoms with Crippen molar-refractivity contribution in [3.05, 3.63) is 29.6 Å². The van der Waals surface area contributed by atoms with Gasteiger partial charge in [-0.2, -0.15) is 0 Å². The Balaban J connectivity index is 3.02. The molecule has 0 N–H and O–H groups in total. The predicted octanol–water partition coefficient (Wildman–Crippen LogP) is 4.43. The number of nitrogens with zero attached hydrogens (tertiary/aromatic N) is 1. The number of carbonyl (C=O) groups is 1. The van der Waals surface area contributed by atoms with Crippen LogP contribution in [0.15, 0.2) is 18.2 Å². The van der Waals surface area contributed by atoms with Crippen molar-refractivity contribution in [3.8, 4) is 0 Å². The van der Waals surface area contributed by atoms with Crippen LogP contribution in [-0.4, -0.2) is 18.9 Å². The Kier molecular flexibility index (Phi) is 6.54. The second-order valence-electron chi connectivity index (χ2n) is 4.91. The maximum Gasteiger partial charge on any atom is 0.161 e. The van der Waals surface area contributed by atoms with Crippen LogP contribution in [0.1, 0.15) is 56.8 Å². The largest absolute Gasteiger partial charge is 0.371 e. The zero-order valence-electron chi connectivity index (χ0n) is 12.2. The summed E-state index contributed by atoms with van der Waals surface area (Å²) in [6.45, 7) is 7.63. The molecule has 0 saturated carbocycles. The number of halogens is 1. The van der Waals surface area contributed by atoms with Crippen LogP contribution in [0.25, 0.3) is 0 Å². The van der Waals surface area contributed by atoms with Crippen LogP contribution in [0.4, 0.5) is 10.1 Å². The fourth-order valence-electron chi connectivity index (χ4n) is 2.12. The molecular weight excluding hydrogens is 241 g/mol. The van der Waals surface area contributed by atoms with E-state index in [2.05, 4.69) is 18.7 Å². The number of ketones is 1. The monoisotopic (exact) mass is 265 g/mol. The Bertz CT molecular complexity index is 409. The highest BCUT2D eigenvalue weighted by Crippen LogP contribution is 2.23. The minimum absolute atomic E-state index is 0.0764. The molecule has 0 radical (unpaired) electrons. The number of hydrogen-bond acceptors (Lipinski definition) is 2. The SMILES string of the molecule is CCCCN(CCCC)c1ccc(F)cc1C(C)=O. The molecule has 2 nitrogen and oxygen atoms in total. The van der Waals surface area contributed by atoms with Gasteiger partial charge in [-0.3, -0.25) is 4.79 Å². The van der Waals surface area contributed by atoms with Crippen LogP contribution in [0.3, 0.4) is 0 Å². The van der Waals surface area contributed by atoms with Crippen LogP contribution in [0, 0.1) is 5.82 Å². The molecule has 0 spiro atoms. The van der Waals surface area contributed by atoms with Crippen molar-refractivity contribution in [3.63, 3.8) is 0 Å². The van der Waals surface area contributed by atoms with Crippen molar-refractivity contribution in [2.45, 2.75) is 46.5 Å². The van der Waals surface area contributed by atoms with Gasteiger partial charge >= 0.3 is 0 Å². The van der Waals surface area contributed by atoms with E-state index in [1.165, 1.54) is 19.1 Å². The van der Waals surface area contributed by atoms with E-state index in [-0.39, 0.29) is 11.6 Å². The average Bonchev–Trinajstić information content (AvgIpc) is 2.39. The summed E-state index contributed by atoms with van der Waals surface area (Å²) in [6, 6.07) is 4.52. The first-order chi connectivity index (χ1) is 9.10. The lowest BCUT2D eigenvalue weighted by Crippen LogP contribution is -2.27. The second-order valence-corrected chi connectivity index (χ2v) is 4.91. The fourth-order valence-corrected chi connectivity index (χ4v) is 2.12. The van der Waals surface area contributed by atoms with Gasteiger partial charge in [0.1, 0.15) is 5.82 Å². The van der Waals surface area contributed by atoms with E-state index in [9.17, 15) is 9.18 Å². The van der Waals surface area contributed by atoms with E-state index in [4.69, 9.17) is 0 Å². The topological polar surface area (TPSA) is 20.3 Å². The smallest absolute Gasteiger partial charge is 0.161 e. The average molecular weight is 265 g/mol. The van der Waals surface area contributed by atoms with Crippen molar-refractivity contribution in [1.29, 1.82) is 0 Å². The van der Waals surface area contributed by atoms with Crippen LogP contribution in [0.2, 0.25) is 0 Å². The summed E-state index contributed by atoms with van der Waals surface area (Å²) in [4.78, 5) is 13.9. The number of unbranched alkanes of at least 4 members (excludes halogenated alkanes) is 2. The third-order valence-electron chi connectivity index (χ3n) is 3.24. The van der Waals surface area contributed by atoms with Crippen molar-refractivity contribution in [2.75, 3.05) is 18.0 Å². The molecule has 1 aromatic carbocycles. The fraction of sp³-hybridized carbons (Fsp3) is 0.562. The first-order valence-corrected chi connectivity index (χ1v) is 7.15. The zero-order chi connectivity index (χ0) is 14.3. The molecule has 0 heterocycles. The molecule has 0 atom stereocenters. The molecule has 0 saturated heterocycles. The van der Waals surface area contributed by atoms with Gasteiger partial charge in [-0.05, 0) is 38.0 Å². The molecule has 19 heavy (non-hydrogen) atoms. The van der Waals surface area contributed by atoms with Gasteiger partial charge in [0.2, 0.25) is 0 Å². The number of anilines is 1. The quantitative estimate of drug-likeness (QED) is 0.648. The van der Waals surface area contributed by atoms with Gasteiger partial charge < -0.3 is 4.90 Å². The molecule has 0 aliphatic rings. The van der Waals surface area contributed by atoms with Crippen molar-refractivity contribution >= 4 is 11.5 Å². The van der Waals surface area contributed by atoms with E-state index >= 15 is 0 Å². The summed E-state index contributed by atoms with van der Waals surface area (Å²) in [5.41, 5.74) is 1.36. The molecule has 106 valence electrons. The molecule has 0 bridgehead atoms. The summed E-state index contributed by atoms with van der Waals surface area (Å²) in [7, 11) is 0. The first kappa shape index (κ1) is 15.7. The molecule has 0 amide bonds. The number of Topliss-reactive ketones (excluding diaryl/α,β-unsaturated/α-hetero) is 1. The molecule has 0 aliphatic carbocycles. The van der Waals surface area contributed by atoms with Crippen LogP contribution >= 0.6 is 0 Å². The lowest BCUT2D eigenvalue weighted by molar-refractivity contribution is 0.101. The van der Waals surface area contributed by atoms with Gasteiger partial charge in [-0.15, -0.1) is 0 Å². The number of benzene rings is 1. The van der Waals surface area contributed by atoms with E-state index in [1.54, 1.807) is 6.07 Å². The number of carbonyl (C=O) groups excluding carboxylic acids is 1. The summed E-state index contributed by atoms with van der Waals surface area (Å²) in [5, 5.41) is 0. The second kappa shape index (κ2) is 7.93. The molecule has 1 aromatic rings. The standard InChI is InChI=1S/C16H24FNO/c1-4-6-10-18(11-7-5-2)16-9-8-14(17)12-15(16)13(3)19/h8-9,12H,4-7,10-11H2,1-3H3. The Hall–Kier alpha value is -1.38. The molecule has 0 unspecified atom stereocenters. The van der Waals surface area contributed by atoms with Crippen LogP contribution in [-0.2, 0) is 0 Å². The minimum Gasteiger partial charge on any atom is -0.371 e. The third-order valence-corrected chi connectivity index (χ3v) is 3.24. The first-order valence-electron chi connectivity index (χ1n) is 7.15.